The molecule has 3 nitrogen and oxygen atoms in total. The van der Waals surface area contributed by atoms with Gasteiger partial charge in [0.05, 0.1) is 17.1 Å². The van der Waals surface area contributed by atoms with Gasteiger partial charge in [-0.1, -0.05) is 22.6 Å². The molecule has 0 aliphatic heterocycles. The summed E-state index contributed by atoms with van der Waals surface area (Å²) in [6.07, 6.45) is 10.7. The topological polar surface area (TPSA) is 37.8 Å². The summed E-state index contributed by atoms with van der Waals surface area (Å²) in [7, 11) is 2.01. The fourth-order valence-electron chi connectivity index (χ4n) is 2.11. The van der Waals surface area contributed by atoms with Crippen LogP contribution in [-0.2, 0) is 0 Å². The van der Waals surface area contributed by atoms with Crippen LogP contribution in [0, 0.1) is 0 Å². The summed E-state index contributed by atoms with van der Waals surface area (Å²) in [6.45, 7) is 0. The third kappa shape index (κ3) is 2.63. The van der Waals surface area contributed by atoms with Crippen LogP contribution in [0.1, 0.15) is 43.0 Å². The quantitative estimate of drug-likeness (QED) is 0.801. The Balaban J connectivity index is 2.15. The molecule has 1 aromatic heterocycles. The average molecular weight is 223 g/mol. The van der Waals surface area contributed by atoms with E-state index in [4.69, 9.17) is 0 Å². The Hall–Kier alpha value is -0.740. The predicted octanol–water partition coefficient (Wildman–Crippen LogP) is 2.69. The van der Waals surface area contributed by atoms with Crippen molar-refractivity contribution in [2.45, 2.75) is 38.1 Å². The lowest BCUT2D eigenvalue weighted by Crippen LogP contribution is -2.17. The van der Waals surface area contributed by atoms with Gasteiger partial charge in [-0.2, -0.15) is 0 Å². The molecule has 0 amide bonds. The van der Waals surface area contributed by atoms with Gasteiger partial charge in [-0.25, -0.2) is 0 Å². The molecule has 1 aliphatic rings. The van der Waals surface area contributed by atoms with E-state index in [1.54, 1.807) is 0 Å². The van der Waals surface area contributed by atoms with Crippen molar-refractivity contribution in [3.8, 4) is 0 Å². The zero-order chi connectivity index (χ0) is 10.5. The van der Waals surface area contributed by atoms with Crippen LogP contribution in [0.25, 0.3) is 0 Å². The van der Waals surface area contributed by atoms with Crippen molar-refractivity contribution in [3.05, 3.63) is 22.7 Å². The normalized spacial score (nSPS) is 19.4. The highest BCUT2D eigenvalue weighted by atomic mass is 32.1. The number of hydrogen-bond acceptors (Lipinski definition) is 4. The summed E-state index contributed by atoms with van der Waals surface area (Å²) in [6, 6.07) is 0.336. The molecule has 15 heavy (non-hydrogen) atoms. The third-order valence-electron chi connectivity index (χ3n) is 2.90. The Bertz CT molecular complexity index is 319. The minimum Gasteiger partial charge on any atom is -0.309 e. The van der Waals surface area contributed by atoms with Gasteiger partial charge in [0.15, 0.2) is 0 Å². The van der Waals surface area contributed by atoms with E-state index in [-0.39, 0.29) is 0 Å². The van der Waals surface area contributed by atoms with Crippen LogP contribution in [0.15, 0.2) is 17.8 Å². The second-order valence-electron chi connectivity index (χ2n) is 3.92. The molecule has 1 N–H and O–H groups in total. The molecule has 1 heterocycles. The van der Waals surface area contributed by atoms with Crippen LogP contribution < -0.4 is 5.32 Å². The van der Waals surface area contributed by atoms with E-state index in [2.05, 4.69) is 21.0 Å². The number of allylic oxidation sites excluding steroid dienone is 1. The zero-order valence-corrected chi connectivity index (χ0v) is 9.89. The summed E-state index contributed by atoms with van der Waals surface area (Å²) in [5.41, 5.74) is 1.51. The van der Waals surface area contributed by atoms with Gasteiger partial charge in [0.2, 0.25) is 0 Å². The first-order valence-corrected chi connectivity index (χ1v) is 6.32. The van der Waals surface area contributed by atoms with Crippen molar-refractivity contribution in [3.63, 3.8) is 0 Å². The van der Waals surface area contributed by atoms with E-state index in [0.29, 0.717) is 6.04 Å². The van der Waals surface area contributed by atoms with Crippen LogP contribution in [-0.4, -0.2) is 16.6 Å². The second kappa shape index (κ2) is 5.37. The fourth-order valence-corrected chi connectivity index (χ4v) is 2.77. The molecule has 0 fully saturated rings. The average Bonchev–Trinajstić information content (AvgIpc) is 2.63. The largest absolute Gasteiger partial charge is 0.309 e. The van der Waals surface area contributed by atoms with Gasteiger partial charge in [-0.15, -0.1) is 5.10 Å². The fraction of sp³-hybridized carbons (Fsp3) is 0.636. The Morgan fingerprint density at radius 2 is 2.33 bits per heavy atom. The zero-order valence-electron chi connectivity index (χ0n) is 9.07. The molecule has 0 saturated carbocycles. The van der Waals surface area contributed by atoms with E-state index in [0.717, 1.165) is 0 Å². The van der Waals surface area contributed by atoms with Crippen LogP contribution >= 0.6 is 11.5 Å². The number of aromatic nitrogens is 2. The second-order valence-corrected chi connectivity index (χ2v) is 4.74. The number of likely N-dealkylation sites (N-methyl/N-ethyl adjacent to an activating group) is 1. The lowest BCUT2D eigenvalue weighted by Gasteiger charge is -2.17. The number of nitrogens with zero attached hydrogens (tertiary/aromatic N) is 2. The Labute approximate surface area is 94.8 Å². The molecule has 0 saturated heterocycles. The van der Waals surface area contributed by atoms with Gasteiger partial charge in [-0.3, -0.25) is 0 Å². The standard InChI is InChI=1S/C11H17N3S/c1-12-11(10-8-13-14-15-10)9-6-4-2-3-5-7-9/h6,8,11-12H,2-5,7H2,1H3. The Kier molecular flexibility index (Phi) is 3.86. The van der Waals surface area contributed by atoms with Gasteiger partial charge < -0.3 is 5.32 Å². The molecule has 0 radical (unpaired) electrons. The highest BCUT2D eigenvalue weighted by Crippen LogP contribution is 2.29. The van der Waals surface area contributed by atoms with E-state index < -0.39 is 0 Å². The SMILES string of the molecule is CNC(C1=CCCCCC1)c1cnns1. The van der Waals surface area contributed by atoms with Crippen molar-refractivity contribution in [1.82, 2.24) is 14.9 Å². The first-order chi connectivity index (χ1) is 7.42. The van der Waals surface area contributed by atoms with Crippen molar-refractivity contribution >= 4 is 11.5 Å². The molecule has 4 heteroatoms. The highest BCUT2D eigenvalue weighted by molar-refractivity contribution is 7.05. The van der Waals surface area contributed by atoms with Crippen LogP contribution in [0.3, 0.4) is 0 Å². The van der Waals surface area contributed by atoms with Crippen molar-refractivity contribution < 1.29 is 0 Å². The molecule has 1 unspecified atom stereocenters. The summed E-state index contributed by atoms with van der Waals surface area (Å²) in [5.74, 6) is 0. The molecule has 1 aromatic rings. The molecule has 0 spiro atoms. The van der Waals surface area contributed by atoms with Gasteiger partial charge in [0.25, 0.3) is 0 Å². The lowest BCUT2D eigenvalue weighted by molar-refractivity contribution is 0.635. The number of nitrogens with one attached hydrogen (secondary N) is 1. The molecular weight excluding hydrogens is 206 g/mol. The summed E-state index contributed by atoms with van der Waals surface area (Å²) in [4.78, 5) is 1.23. The number of hydrogen-bond donors (Lipinski definition) is 1. The molecule has 2 rings (SSSR count). The maximum absolute atomic E-state index is 3.93. The third-order valence-corrected chi connectivity index (χ3v) is 3.63. The molecule has 82 valence electrons. The van der Waals surface area contributed by atoms with E-state index >= 15 is 0 Å². The summed E-state index contributed by atoms with van der Waals surface area (Å²) >= 11 is 1.49. The maximum atomic E-state index is 3.93. The van der Waals surface area contributed by atoms with Gasteiger partial charge >= 0.3 is 0 Å². The lowest BCUT2D eigenvalue weighted by atomic mass is 10.0. The van der Waals surface area contributed by atoms with E-state index in [1.165, 1.54) is 54.1 Å². The van der Waals surface area contributed by atoms with Crippen molar-refractivity contribution in [2.24, 2.45) is 0 Å². The molecule has 0 bridgehead atoms. The Morgan fingerprint density at radius 1 is 1.40 bits per heavy atom. The first kappa shape index (κ1) is 10.8. The minimum absolute atomic E-state index is 0.336. The van der Waals surface area contributed by atoms with Gasteiger partial charge in [0, 0.05) is 0 Å². The maximum Gasteiger partial charge on any atom is 0.0672 e. The molecule has 1 aliphatic carbocycles. The minimum atomic E-state index is 0.336. The predicted molar refractivity (Wildman–Crippen MR) is 62.9 cm³/mol. The van der Waals surface area contributed by atoms with Crippen LogP contribution in [0.2, 0.25) is 0 Å². The smallest absolute Gasteiger partial charge is 0.0672 e. The van der Waals surface area contributed by atoms with E-state index in [1.807, 2.05) is 13.2 Å². The van der Waals surface area contributed by atoms with Crippen molar-refractivity contribution in [1.29, 1.82) is 0 Å². The van der Waals surface area contributed by atoms with E-state index in [9.17, 15) is 0 Å². The summed E-state index contributed by atoms with van der Waals surface area (Å²) in [5, 5.41) is 7.27. The molecular formula is C11H17N3S. The Morgan fingerprint density at radius 3 is 3.07 bits per heavy atom. The molecule has 0 aromatic carbocycles. The highest BCUT2D eigenvalue weighted by Gasteiger charge is 2.17. The van der Waals surface area contributed by atoms with Gasteiger partial charge in [-0.05, 0) is 44.3 Å². The van der Waals surface area contributed by atoms with Crippen LogP contribution in [0.5, 0.6) is 0 Å². The monoisotopic (exact) mass is 223 g/mol. The number of rotatable bonds is 3. The van der Waals surface area contributed by atoms with Crippen LogP contribution in [0.4, 0.5) is 0 Å². The van der Waals surface area contributed by atoms with Crippen molar-refractivity contribution in [2.75, 3.05) is 7.05 Å². The summed E-state index contributed by atoms with van der Waals surface area (Å²) < 4.78 is 3.93. The first-order valence-electron chi connectivity index (χ1n) is 5.55. The molecule has 1 atom stereocenters. The van der Waals surface area contributed by atoms with Gasteiger partial charge in [0.1, 0.15) is 0 Å².